The van der Waals surface area contributed by atoms with Crippen LogP contribution in [-0.2, 0) is 0 Å². The van der Waals surface area contributed by atoms with Crippen LogP contribution in [0.3, 0.4) is 0 Å². The van der Waals surface area contributed by atoms with Crippen molar-refractivity contribution in [1.82, 2.24) is 5.43 Å². The van der Waals surface area contributed by atoms with Gasteiger partial charge in [-0.05, 0) is 12.2 Å². The Balaban J connectivity index is 3.67. The number of hydrazone groups is 1. The van der Waals surface area contributed by atoms with Crippen molar-refractivity contribution in [3.63, 3.8) is 0 Å². The van der Waals surface area contributed by atoms with Crippen LogP contribution in [0, 0.1) is 0 Å². The molecule has 0 rings (SSSR count). The summed E-state index contributed by atoms with van der Waals surface area (Å²) in [6.45, 7) is 0. The van der Waals surface area contributed by atoms with Gasteiger partial charge < -0.3 is 5.73 Å². The van der Waals surface area contributed by atoms with Gasteiger partial charge in [0.25, 0.3) is 0 Å². The number of rotatable bonds is 1. The van der Waals surface area contributed by atoms with Gasteiger partial charge in [0, 0.05) is 0 Å². The topological polar surface area (TPSA) is 50.4 Å². The van der Waals surface area contributed by atoms with Crippen LogP contribution in [0.1, 0.15) is 0 Å². The Kier molecular flexibility index (Phi) is 3.07. The van der Waals surface area contributed by atoms with E-state index in [-0.39, 0.29) is 11.3 Å². The Bertz CT molecular complexity index is 152. The van der Waals surface area contributed by atoms with Crippen molar-refractivity contribution in [2.75, 3.05) is 0 Å². The van der Waals surface area contributed by atoms with E-state index < -0.39 is 6.18 Å². The molecule has 0 aromatic rings. The molecule has 0 fully saturated rings. The molecule has 0 heterocycles. The predicted molar refractivity (Wildman–Crippen MR) is 34.5 cm³/mol. The number of nitrogens with one attached hydrogen (secondary N) is 1. The second-order valence-electron chi connectivity index (χ2n) is 1.28. The summed E-state index contributed by atoms with van der Waals surface area (Å²) < 4.78 is 33.7. The van der Waals surface area contributed by atoms with E-state index in [2.05, 4.69) is 17.3 Å². The van der Waals surface area contributed by atoms with E-state index in [0.717, 1.165) is 0 Å². The summed E-state index contributed by atoms with van der Waals surface area (Å²) in [6.07, 6.45) is -4.68. The SMILES string of the molecule is NC(=S)NN=CC(F)(F)F. The molecule has 0 aliphatic heterocycles. The van der Waals surface area contributed by atoms with Gasteiger partial charge >= 0.3 is 6.18 Å². The van der Waals surface area contributed by atoms with E-state index in [4.69, 9.17) is 5.73 Å². The van der Waals surface area contributed by atoms with Crippen LogP contribution in [0.5, 0.6) is 0 Å². The fraction of sp³-hybridized carbons (Fsp3) is 0.333. The van der Waals surface area contributed by atoms with Crippen LogP contribution in [0.2, 0.25) is 0 Å². The fourth-order valence-electron chi connectivity index (χ4n) is 0.169. The van der Waals surface area contributed by atoms with Crippen molar-refractivity contribution < 1.29 is 13.2 Å². The summed E-state index contributed by atoms with van der Waals surface area (Å²) in [5.41, 5.74) is 6.52. The van der Waals surface area contributed by atoms with Crippen molar-refractivity contribution in [3.8, 4) is 0 Å². The van der Waals surface area contributed by atoms with Gasteiger partial charge in [-0.15, -0.1) is 0 Å². The number of nitrogens with two attached hydrogens (primary N) is 1. The van der Waals surface area contributed by atoms with Crippen LogP contribution in [0.4, 0.5) is 13.2 Å². The lowest BCUT2D eigenvalue weighted by Gasteiger charge is -1.96. The van der Waals surface area contributed by atoms with Gasteiger partial charge in [-0.2, -0.15) is 18.3 Å². The van der Waals surface area contributed by atoms with Crippen molar-refractivity contribution in [2.45, 2.75) is 6.18 Å². The zero-order valence-electron chi connectivity index (χ0n) is 4.64. The van der Waals surface area contributed by atoms with Crippen LogP contribution in [-0.4, -0.2) is 17.5 Å². The lowest BCUT2D eigenvalue weighted by molar-refractivity contribution is -0.0538. The van der Waals surface area contributed by atoms with E-state index in [1.54, 1.807) is 5.43 Å². The second kappa shape index (κ2) is 3.35. The molecule has 0 aromatic heterocycles. The molecule has 0 aliphatic carbocycles. The quantitative estimate of drug-likeness (QED) is 0.340. The normalized spacial score (nSPS) is 11.9. The average molecular weight is 171 g/mol. The summed E-state index contributed by atoms with van der Waals surface area (Å²) in [5, 5.41) is 2.37. The number of hydrogen-bond acceptors (Lipinski definition) is 2. The summed E-state index contributed by atoms with van der Waals surface area (Å²) in [5.74, 6) is 0. The Morgan fingerprint density at radius 1 is 1.60 bits per heavy atom. The highest BCUT2D eigenvalue weighted by Gasteiger charge is 2.23. The van der Waals surface area contributed by atoms with Gasteiger partial charge in [0.05, 0.1) is 0 Å². The highest BCUT2D eigenvalue weighted by atomic mass is 32.1. The van der Waals surface area contributed by atoms with E-state index in [1.165, 1.54) is 0 Å². The Hall–Kier alpha value is -0.850. The maximum Gasteiger partial charge on any atom is 0.428 e. The first kappa shape index (κ1) is 9.15. The van der Waals surface area contributed by atoms with Gasteiger partial charge in [-0.1, -0.05) is 0 Å². The molecule has 0 radical (unpaired) electrons. The summed E-state index contributed by atoms with van der Waals surface area (Å²) in [6, 6.07) is 0. The van der Waals surface area contributed by atoms with E-state index in [9.17, 15) is 13.2 Å². The van der Waals surface area contributed by atoms with Gasteiger partial charge in [-0.3, -0.25) is 5.43 Å². The molecule has 0 saturated carbocycles. The maximum atomic E-state index is 11.2. The van der Waals surface area contributed by atoms with Gasteiger partial charge in [0.15, 0.2) is 5.11 Å². The fourth-order valence-corrected chi connectivity index (χ4v) is 0.222. The summed E-state index contributed by atoms with van der Waals surface area (Å²) in [4.78, 5) is 0. The Labute approximate surface area is 60.1 Å². The molecule has 0 aliphatic rings. The van der Waals surface area contributed by atoms with Gasteiger partial charge in [0.2, 0.25) is 0 Å². The van der Waals surface area contributed by atoms with Crippen LogP contribution in [0.15, 0.2) is 5.10 Å². The number of thiocarbonyl (C=S) groups is 1. The summed E-state index contributed by atoms with van der Waals surface area (Å²) in [7, 11) is 0. The third-order valence-electron chi connectivity index (χ3n) is 0.386. The van der Waals surface area contributed by atoms with Gasteiger partial charge in [-0.25, -0.2) is 0 Å². The van der Waals surface area contributed by atoms with Crippen molar-refractivity contribution in [1.29, 1.82) is 0 Å². The first-order valence-corrected chi connectivity index (χ1v) is 2.49. The molecule has 0 spiro atoms. The molecule has 0 atom stereocenters. The lowest BCUT2D eigenvalue weighted by Crippen LogP contribution is -2.25. The first-order valence-electron chi connectivity index (χ1n) is 2.08. The monoisotopic (exact) mass is 171 g/mol. The van der Waals surface area contributed by atoms with Crippen molar-refractivity contribution >= 4 is 23.5 Å². The minimum Gasteiger partial charge on any atom is -0.375 e. The minimum absolute atomic E-state index is 0.244. The molecular weight excluding hydrogens is 167 g/mol. The van der Waals surface area contributed by atoms with E-state index in [1.807, 2.05) is 0 Å². The molecule has 0 unspecified atom stereocenters. The second-order valence-corrected chi connectivity index (χ2v) is 1.72. The number of halogens is 3. The third-order valence-corrected chi connectivity index (χ3v) is 0.477. The molecule has 7 heteroatoms. The highest BCUT2D eigenvalue weighted by molar-refractivity contribution is 7.80. The number of nitrogens with zero attached hydrogens (tertiary/aromatic N) is 1. The zero-order valence-corrected chi connectivity index (χ0v) is 5.46. The van der Waals surface area contributed by atoms with Crippen LogP contribution >= 0.6 is 12.2 Å². The smallest absolute Gasteiger partial charge is 0.375 e. The standard InChI is InChI=1S/C3H4F3N3S/c4-3(5,6)1-8-9-2(7)10/h1H,(H3,7,9,10). The Morgan fingerprint density at radius 3 is 2.40 bits per heavy atom. The zero-order chi connectivity index (χ0) is 8.20. The third kappa shape index (κ3) is 7.15. The average Bonchev–Trinajstić information content (AvgIpc) is 1.59. The summed E-state index contributed by atoms with van der Waals surface area (Å²) >= 11 is 4.17. The lowest BCUT2D eigenvalue weighted by atomic mass is 10.7. The predicted octanol–water partition coefficient (Wildman–Crippen LogP) is 0.368. The molecule has 0 aromatic carbocycles. The van der Waals surface area contributed by atoms with Gasteiger partial charge in [0.1, 0.15) is 6.21 Å². The van der Waals surface area contributed by atoms with Crippen molar-refractivity contribution in [3.05, 3.63) is 0 Å². The molecule has 3 N–H and O–H groups in total. The number of hydrogen-bond donors (Lipinski definition) is 2. The van der Waals surface area contributed by atoms with Crippen molar-refractivity contribution in [2.24, 2.45) is 10.8 Å². The molecule has 3 nitrogen and oxygen atoms in total. The number of alkyl halides is 3. The Morgan fingerprint density at radius 2 is 2.10 bits per heavy atom. The largest absolute Gasteiger partial charge is 0.428 e. The molecule has 0 bridgehead atoms. The molecular formula is C3H4F3N3S. The molecule has 10 heavy (non-hydrogen) atoms. The maximum absolute atomic E-state index is 11.2. The first-order chi connectivity index (χ1) is 4.42. The highest BCUT2D eigenvalue weighted by Crippen LogP contribution is 2.09. The van der Waals surface area contributed by atoms with Crippen LogP contribution < -0.4 is 11.2 Å². The molecule has 0 saturated heterocycles. The molecule has 58 valence electrons. The molecule has 0 amide bonds. The van der Waals surface area contributed by atoms with E-state index >= 15 is 0 Å². The minimum atomic E-state index is -4.43. The van der Waals surface area contributed by atoms with E-state index in [0.29, 0.717) is 0 Å². The van der Waals surface area contributed by atoms with Crippen LogP contribution in [0.25, 0.3) is 0 Å².